The van der Waals surface area contributed by atoms with Crippen molar-refractivity contribution in [3.8, 4) is 11.5 Å². The van der Waals surface area contributed by atoms with E-state index in [1.807, 2.05) is 30.3 Å². The second-order valence-electron chi connectivity index (χ2n) is 4.50. The van der Waals surface area contributed by atoms with Gasteiger partial charge in [-0.2, -0.15) is 0 Å². The molecule has 2 aromatic rings. The summed E-state index contributed by atoms with van der Waals surface area (Å²) < 4.78 is 15.9. The van der Waals surface area contributed by atoms with Crippen LogP contribution in [-0.2, 0) is 4.74 Å². The van der Waals surface area contributed by atoms with Crippen molar-refractivity contribution in [3.63, 3.8) is 0 Å². The number of carbonyl (C=O) groups excluding carboxylic acids is 1. The molecule has 2 rings (SSSR count). The van der Waals surface area contributed by atoms with E-state index in [-0.39, 0.29) is 0 Å². The maximum Gasteiger partial charge on any atom is 0.341 e. The fourth-order valence-electron chi connectivity index (χ4n) is 1.84. The third-order valence-corrected chi connectivity index (χ3v) is 3.14. The molecule has 22 heavy (non-hydrogen) atoms. The minimum absolute atomic E-state index is 0.357. The Hall–Kier alpha value is -2.20. The number of esters is 1. The highest BCUT2D eigenvalue weighted by atomic mass is 35.5. The van der Waals surface area contributed by atoms with Crippen molar-refractivity contribution >= 4 is 17.6 Å². The Labute approximate surface area is 134 Å². The molecule has 0 aliphatic rings. The lowest BCUT2D eigenvalue weighted by atomic mass is 10.2. The molecule has 4 nitrogen and oxygen atoms in total. The van der Waals surface area contributed by atoms with Gasteiger partial charge in [0, 0.05) is 11.4 Å². The van der Waals surface area contributed by atoms with Gasteiger partial charge in [0.25, 0.3) is 0 Å². The molecular formula is C17H17ClO4. The maximum absolute atomic E-state index is 11.6. The summed E-state index contributed by atoms with van der Waals surface area (Å²) in [6.45, 7) is 0.940. The molecule has 0 heterocycles. The van der Waals surface area contributed by atoms with Gasteiger partial charge in [0.05, 0.1) is 20.3 Å². The molecule has 0 aromatic heterocycles. The first kappa shape index (κ1) is 16.2. The van der Waals surface area contributed by atoms with Gasteiger partial charge in [-0.3, -0.25) is 0 Å². The Balaban J connectivity index is 1.84. The van der Waals surface area contributed by atoms with Crippen LogP contribution in [0.4, 0.5) is 0 Å². The van der Waals surface area contributed by atoms with Crippen molar-refractivity contribution in [1.29, 1.82) is 0 Å². The molecular weight excluding hydrogens is 304 g/mol. The summed E-state index contributed by atoms with van der Waals surface area (Å²) in [6.07, 6.45) is 0.683. The van der Waals surface area contributed by atoms with Crippen molar-refractivity contribution in [3.05, 3.63) is 59.1 Å². The summed E-state index contributed by atoms with van der Waals surface area (Å²) in [5, 5.41) is 0.503. The molecule has 2 aromatic carbocycles. The van der Waals surface area contributed by atoms with Gasteiger partial charge in [-0.05, 0) is 30.3 Å². The van der Waals surface area contributed by atoms with Crippen LogP contribution in [-0.4, -0.2) is 26.3 Å². The van der Waals surface area contributed by atoms with Crippen molar-refractivity contribution in [2.75, 3.05) is 20.3 Å². The Morgan fingerprint density at radius 2 is 1.77 bits per heavy atom. The molecule has 0 saturated carbocycles. The molecule has 0 bridgehead atoms. The standard InChI is InChI=1S/C17H17ClO4/c1-20-17(19)15-9-8-13(18)12-16(15)22-11-5-10-21-14-6-3-2-4-7-14/h2-4,6-9,12H,5,10-11H2,1H3. The van der Waals surface area contributed by atoms with Crippen molar-refractivity contribution < 1.29 is 19.0 Å². The van der Waals surface area contributed by atoms with Crippen molar-refractivity contribution in [2.24, 2.45) is 0 Å². The number of ether oxygens (including phenoxy) is 3. The van der Waals surface area contributed by atoms with Crippen LogP contribution in [0.2, 0.25) is 5.02 Å². The Kier molecular flexibility index (Phi) is 6.10. The highest BCUT2D eigenvalue weighted by molar-refractivity contribution is 6.30. The first-order valence-corrected chi connectivity index (χ1v) is 7.27. The van der Waals surface area contributed by atoms with E-state index < -0.39 is 5.97 Å². The summed E-state index contributed by atoms with van der Waals surface area (Å²) in [5.41, 5.74) is 0.357. The fourth-order valence-corrected chi connectivity index (χ4v) is 2.00. The van der Waals surface area contributed by atoms with Gasteiger partial charge >= 0.3 is 5.97 Å². The molecule has 0 fully saturated rings. The number of rotatable bonds is 7. The Morgan fingerprint density at radius 1 is 1.05 bits per heavy atom. The summed E-state index contributed by atoms with van der Waals surface area (Å²) in [5.74, 6) is 0.784. The molecule has 5 heteroatoms. The molecule has 0 unspecified atom stereocenters. The van der Waals surface area contributed by atoms with Crippen LogP contribution in [0.1, 0.15) is 16.8 Å². The number of hydrogen-bond acceptors (Lipinski definition) is 4. The first-order valence-electron chi connectivity index (χ1n) is 6.89. The van der Waals surface area contributed by atoms with Crippen LogP contribution in [0.15, 0.2) is 48.5 Å². The lowest BCUT2D eigenvalue weighted by molar-refractivity contribution is 0.0596. The highest BCUT2D eigenvalue weighted by Gasteiger charge is 2.13. The summed E-state index contributed by atoms with van der Waals surface area (Å²) in [6, 6.07) is 14.4. The number of carbonyl (C=O) groups is 1. The van der Waals surface area contributed by atoms with Gasteiger partial charge in [0.15, 0.2) is 0 Å². The van der Waals surface area contributed by atoms with Crippen molar-refractivity contribution in [1.82, 2.24) is 0 Å². The van der Waals surface area contributed by atoms with Crippen LogP contribution in [0, 0.1) is 0 Å². The zero-order valence-corrected chi connectivity index (χ0v) is 13.0. The second-order valence-corrected chi connectivity index (χ2v) is 4.93. The summed E-state index contributed by atoms with van der Waals surface area (Å²) in [4.78, 5) is 11.6. The third-order valence-electron chi connectivity index (χ3n) is 2.91. The Morgan fingerprint density at radius 3 is 2.50 bits per heavy atom. The van der Waals surface area contributed by atoms with E-state index in [0.29, 0.717) is 36.0 Å². The van der Waals surface area contributed by atoms with Gasteiger partial charge in [-0.1, -0.05) is 29.8 Å². The average Bonchev–Trinajstić information content (AvgIpc) is 2.55. The highest BCUT2D eigenvalue weighted by Crippen LogP contribution is 2.24. The SMILES string of the molecule is COC(=O)c1ccc(Cl)cc1OCCCOc1ccccc1. The first-order chi connectivity index (χ1) is 10.7. The second kappa shape index (κ2) is 8.29. The predicted molar refractivity (Wildman–Crippen MR) is 84.8 cm³/mol. The molecule has 0 amide bonds. The maximum atomic E-state index is 11.6. The number of hydrogen-bond donors (Lipinski definition) is 0. The molecule has 0 N–H and O–H groups in total. The van der Waals surface area contributed by atoms with Gasteiger partial charge in [-0.15, -0.1) is 0 Å². The van der Waals surface area contributed by atoms with Crippen LogP contribution in [0.25, 0.3) is 0 Å². The quantitative estimate of drug-likeness (QED) is 0.572. The lowest BCUT2D eigenvalue weighted by Crippen LogP contribution is -2.09. The van der Waals surface area contributed by atoms with E-state index in [4.69, 9.17) is 25.8 Å². The molecule has 0 spiro atoms. The normalized spacial score (nSPS) is 10.1. The predicted octanol–water partition coefficient (Wildman–Crippen LogP) is 3.97. The average molecular weight is 321 g/mol. The Bertz CT molecular complexity index is 613. The van der Waals surface area contributed by atoms with Crippen LogP contribution in [0.3, 0.4) is 0 Å². The smallest absolute Gasteiger partial charge is 0.341 e. The van der Waals surface area contributed by atoms with E-state index in [2.05, 4.69) is 0 Å². The lowest BCUT2D eigenvalue weighted by Gasteiger charge is -2.11. The largest absolute Gasteiger partial charge is 0.493 e. The minimum atomic E-state index is -0.452. The molecule has 0 radical (unpaired) electrons. The number of methoxy groups -OCH3 is 1. The monoisotopic (exact) mass is 320 g/mol. The van der Waals surface area contributed by atoms with Gasteiger partial charge < -0.3 is 14.2 Å². The molecule has 0 aliphatic heterocycles. The van der Waals surface area contributed by atoms with E-state index in [0.717, 1.165) is 5.75 Å². The van der Waals surface area contributed by atoms with E-state index in [1.165, 1.54) is 7.11 Å². The molecule has 0 atom stereocenters. The molecule has 0 saturated heterocycles. The summed E-state index contributed by atoms with van der Waals surface area (Å²) in [7, 11) is 1.33. The zero-order chi connectivity index (χ0) is 15.8. The van der Waals surface area contributed by atoms with Gasteiger partial charge in [-0.25, -0.2) is 4.79 Å². The topological polar surface area (TPSA) is 44.8 Å². The van der Waals surface area contributed by atoms with Crippen LogP contribution in [0.5, 0.6) is 11.5 Å². The third kappa shape index (κ3) is 4.67. The van der Waals surface area contributed by atoms with Gasteiger partial charge in [0.2, 0.25) is 0 Å². The number of benzene rings is 2. The number of halogens is 1. The fraction of sp³-hybridized carbons (Fsp3) is 0.235. The van der Waals surface area contributed by atoms with Crippen molar-refractivity contribution in [2.45, 2.75) is 6.42 Å². The van der Waals surface area contributed by atoms with E-state index in [1.54, 1.807) is 18.2 Å². The molecule has 0 aliphatic carbocycles. The minimum Gasteiger partial charge on any atom is -0.493 e. The number of para-hydroxylation sites is 1. The van der Waals surface area contributed by atoms with E-state index in [9.17, 15) is 4.79 Å². The molecule has 116 valence electrons. The van der Waals surface area contributed by atoms with Crippen LogP contribution >= 0.6 is 11.6 Å². The van der Waals surface area contributed by atoms with E-state index >= 15 is 0 Å². The summed E-state index contributed by atoms with van der Waals surface area (Å²) >= 11 is 5.93. The van der Waals surface area contributed by atoms with Gasteiger partial charge in [0.1, 0.15) is 17.1 Å². The van der Waals surface area contributed by atoms with Crippen LogP contribution < -0.4 is 9.47 Å². The zero-order valence-electron chi connectivity index (χ0n) is 12.3.